The number of likely N-dealkylation sites (N-methyl/N-ethyl adjacent to an activating group) is 1. The van der Waals surface area contributed by atoms with Crippen molar-refractivity contribution in [3.63, 3.8) is 0 Å². The summed E-state index contributed by atoms with van der Waals surface area (Å²) >= 11 is 0. The van der Waals surface area contributed by atoms with E-state index in [4.69, 9.17) is 9.47 Å². The van der Waals surface area contributed by atoms with Gasteiger partial charge < -0.3 is 19.7 Å². The Kier molecular flexibility index (Phi) is 11.2. The van der Waals surface area contributed by atoms with Crippen molar-refractivity contribution in [3.05, 3.63) is 35.4 Å². The monoisotopic (exact) mass is 475 g/mol. The molecule has 0 saturated heterocycles. The first-order chi connectivity index (χ1) is 12.1. The van der Waals surface area contributed by atoms with Crippen LogP contribution in [-0.4, -0.2) is 50.8 Å². The van der Waals surface area contributed by atoms with E-state index in [1.54, 1.807) is 0 Å². The quantitative estimate of drug-likeness (QED) is 0.243. The Morgan fingerprint density at radius 1 is 1.31 bits per heavy atom. The van der Waals surface area contributed by atoms with E-state index in [1.165, 1.54) is 24.0 Å². The molecule has 0 radical (unpaired) electrons. The van der Waals surface area contributed by atoms with E-state index in [9.17, 15) is 0 Å². The first-order valence-corrected chi connectivity index (χ1v) is 9.27. The highest BCUT2D eigenvalue weighted by atomic mass is 127. The van der Waals surface area contributed by atoms with Gasteiger partial charge in [-0.1, -0.05) is 24.3 Å². The van der Waals surface area contributed by atoms with Crippen molar-refractivity contribution >= 4 is 29.9 Å². The van der Waals surface area contributed by atoms with Crippen LogP contribution in [0, 0.1) is 5.92 Å². The molecular weight excluding hydrogens is 441 g/mol. The third-order valence-corrected chi connectivity index (χ3v) is 4.22. The molecule has 1 aliphatic rings. The van der Waals surface area contributed by atoms with Gasteiger partial charge in [-0.15, -0.1) is 24.0 Å². The van der Waals surface area contributed by atoms with Crippen LogP contribution in [0.1, 0.15) is 37.8 Å². The summed E-state index contributed by atoms with van der Waals surface area (Å²) in [5.41, 5.74) is 2.43. The predicted molar refractivity (Wildman–Crippen MR) is 118 cm³/mol. The zero-order valence-electron chi connectivity index (χ0n) is 16.5. The van der Waals surface area contributed by atoms with Crippen LogP contribution in [0.4, 0.5) is 0 Å². The van der Waals surface area contributed by atoms with Crippen LogP contribution in [0.15, 0.2) is 29.3 Å². The van der Waals surface area contributed by atoms with Gasteiger partial charge in [0.1, 0.15) is 0 Å². The van der Waals surface area contributed by atoms with Gasteiger partial charge >= 0.3 is 0 Å². The van der Waals surface area contributed by atoms with Crippen molar-refractivity contribution < 1.29 is 9.47 Å². The lowest BCUT2D eigenvalue weighted by Crippen LogP contribution is -2.40. The van der Waals surface area contributed by atoms with Crippen LogP contribution < -0.4 is 5.32 Å². The molecule has 1 aliphatic carbocycles. The fourth-order valence-corrected chi connectivity index (χ4v) is 2.50. The Hall–Kier alpha value is -0.860. The Morgan fingerprint density at radius 3 is 2.69 bits per heavy atom. The second-order valence-corrected chi connectivity index (χ2v) is 7.02. The van der Waals surface area contributed by atoms with E-state index in [1.807, 2.05) is 14.1 Å². The molecule has 2 rings (SSSR count). The van der Waals surface area contributed by atoms with Crippen molar-refractivity contribution in [2.45, 2.75) is 45.9 Å². The molecule has 5 nitrogen and oxygen atoms in total. The number of halogens is 1. The predicted octanol–water partition coefficient (Wildman–Crippen LogP) is 3.66. The summed E-state index contributed by atoms with van der Waals surface area (Å²) in [5.74, 6) is 1.70. The normalized spacial score (nSPS) is 14.3. The van der Waals surface area contributed by atoms with Gasteiger partial charge in [-0.2, -0.15) is 0 Å². The SMILES string of the molecule is CN=C(NCc1cccc(COC(C)C)c1)N(C)CCOCC1CC1.I. The zero-order chi connectivity index (χ0) is 18.1. The third-order valence-electron chi connectivity index (χ3n) is 4.22. The summed E-state index contributed by atoms with van der Waals surface area (Å²) in [6, 6.07) is 8.48. The minimum atomic E-state index is 0. The molecule has 1 saturated carbocycles. The highest BCUT2D eigenvalue weighted by molar-refractivity contribution is 14.0. The van der Waals surface area contributed by atoms with Crippen molar-refractivity contribution in [2.75, 3.05) is 33.9 Å². The maximum atomic E-state index is 5.71. The number of hydrogen-bond donors (Lipinski definition) is 1. The van der Waals surface area contributed by atoms with Crippen LogP contribution in [-0.2, 0) is 22.6 Å². The number of hydrogen-bond acceptors (Lipinski definition) is 3. The molecule has 148 valence electrons. The Labute approximate surface area is 175 Å². The van der Waals surface area contributed by atoms with Crippen molar-refractivity contribution in [2.24, 2.45) is 10.9 Å². The largest absolute Gasteiger partial charge is 0.379 e. The van der Waals surface area contributed by atoms with Gasteiger partial charge in [0.15, 0.2) is 5.96 Å². The Balaban J connectivity index is 0.00000338. The maximum absolute atomic E-state index is 5.71. The van der Waals surface area contributed by atoms with E-state index in [2.05, 4.69) is 53.3 Å². The lowest BCUT2D eigenvalue weighted by atomic mass is 10.1. The molecule has 0 spiro atoms. The van der Waals surface area contributed by atoms with Crippen LogP contribution in [0.5, 0.6) is 0 Å². The second kappa shape index (κ2) is 12.5. The molecule has 6 heteroatoms. The van der Waals surface area contributed by atoms with Gasteiger partial charge in [0.2, 0.25) is 0 Å². The third kappa shape index (κ3) is 9.19. The van der Waals surface area contributed by atoms with Crippen molar-refractivity contribution in [3.8, 4) is 0 Å². The lowest BCUT2D eigenvalue weighted by molar-refractivity contribution is 0.0657. The molecule has 0 aromatic heterocycles. The molecular formula is C20H34IN3O2. The molecule has 0 atom stereocenters. The highest BCUT2D eigenvalue weighted by Gasteiger charge is 2.21. The number of nitrogens with one attached hydrogen (secondary N) is 1. The summed E-state index contributed by atoms with van der Waals surface area (Å²) < 4.78 is 11.4. The average molecular weight is 475 g/mol. The fourth-order valence-electron chi connectivity index (χ4n) is 2.50. The molecule has 26 heavy (non-hydrogen) atoms. The number of ether oxygens (including phenoxy) is 2. The van der Waals surface area contributed by atoms with Crippen molar-refractivity contribution in [1.29, 1.82) is 0 Å². The van der Waals surface area contributed by atoms with Gasteiger partial charge in [0.05, 0.1) is 19.3 Å². The van der Waals surface area contributed by atoms with Crippen LogP contribution in [0.2, 0.25) is 0 Å². The lowest BCUT2D eigenvalue weighted by Gasteiger charge is -2.22. The van der Waals surface area contributed by atoms with Gasteiger partial charge in [0, 0.05) is 33.8 Å². The topological polar surface area (TPSA) is 46.1 Å². The highest BCUT2D eigenvalue weighted by Crippen LogP contribution is 2.28. The number of rotatable bonds is 10. The molecule has 0 unspecified atom stereocenters. The van der Waals surface area contributed by atoms with Gasteiger partial charge in [0.25, 0.3) is 0 Å². The van der Waals surface area contributed by atoms with Gasteiger partial charge in [-0.3, -0.25) is 4.99 Å². The van der Waals surface area contributed by atoms with E-state index in [0.29, 0.717) is 6.61 Å². The Morgan fingerprint density at radius 2 is 2.04 bits per heavy atom. The maximum Gasteiger partial charge on any atom is 0.193 e. The van der Waals surface area contributed by atoms with E-state index < -0.39 is 0 Å². The summed E-state index contributed by atoms with van der Waals surface area (Å²) in [5, 5.41) is 3.42. The smallest absolute Gasteiger partial charge is 0.193 e. The molecule has 0 aliphatic heterocycles. The van der Waals surface area contributed by atoms with Crippen LogP contribution in [0.25, 0.3) is 0 Å². The minimum Gasteiger partial charge on any atom is -0.379 e. The van der Waals surface area contributed by atoms with Gasteiger partial charge in [-0.25, -0.2) is 0 Å². The van der Waals surface area contributed by atoms with Crippen molar-refractivity contribution in [1.82, 2.24) is 10.2 Å². The first kappa shape index (κ1) is 23.2. The summed E-state index contributed by atoms with van der Waals surface area (Å²) in [4.78, 5) is 6.47. The molecule has 1 N–H and O–H groups in total. The average Bonchev–Trinajstić information content (AvgIpc) is 3.42. The van der Waals surface area contributed by atoms with E-state index >= 15 is 0 Å². The fraction of sp³-hybridized carbons (Fsp3) is 0.650. The molecule has 0 amide bonds. The number of benzene rings is 1. The molecule has 0 bridgehead atoms. The number of nitrogens with zero attached hydrogens (tertiary/aromatic N) is 2. The first-order valence-electron chi connectivity index (χ1n) is 9.27. The number of guanidine groups is 1. The van der Waals surface area contributed by atoms with Crippen LogP contribution in [0.3, 0.4) is 0 Å². The summed E-state index contributed by atoms with van der Waals surface area (Å²) in [7, 11) is 3.86. The Bertz CT molecular complexity index is 548. The zero-order valence-corrected chi connectivity index (χ0v) is 18.9. The molecule has 1 aromatic rings. The molecule has 0 heterocycles. The summed E-state index contributed by atoms with van der Waals surface area (Å²) in [6.07, 6.45) is 2.91. The van der Waals surface area contributed by atoms with Crippen LogP contribution >= 0.6 is 24.0 Å². The number of aliphatic imine (C=N–C) groups is 1. The van der Waals surface area contributed by atoms with Gasteiger partial charge in [-0.05, 0) is 43.7 Å². The standard InChI is InChI=1S/C20H33N3O2.HI/c1-16(2)25-15-19-7-5-6-18(12-19)13-22-20(21-3)23(4)10-11-24-14-17-8-9-17;/h5-7,12,16-17H,8-11,13-15H2,1-4H3,(H,21,22);1H. The molecule has 1 aromatic carbocycles. The molecule has 1 fully saturated rings. The van der Waals surface area contributed by atoms with E-state index in [-0.39, 0.29) is 30.1 Å². The minimum absolute atomic E-state index is 0. The second-order valence-electron chi connectivity index (χ2n) is 7.02. The van der Waals surface area contributed by atoms with E-state index in [0.717, 1.165) is 38.2 Å². The summed E-state index contributed by atoms with van der Waals surface area (Å²) in [6.45, 7) is 8.00.